The molecule has 0 saturated heterocycles. The van der Waals surface area contributed by atoms with Gasteiger partial charge in [0, 0.05) is 11.6 Å². The number of carboxylic acid groups (broad SMARTS) is 1. The summed E-state index contributed by atoms with van der Waals surface area (Å²) in [6.45, 7) is 2.65. The Bertz CT molecular complexity index is 548. The summed E-state index contributed by atoms with van der Waals surface area (Å²) in [5, 5.41) is 9.39. The largest absolute Gasteiger partial charge is 0.481 e. The fraction of sp³-hybridized carbons (Fsp3) is 0.273. The fourth-order valence-corrected chi connectivity index (χ4v) is 1.94. The van der Waals surface area contributed by atoms with Crippen molar-refractivity contribution in [3.63, 3.8) is 0 Å². The highest BCUT2D eigenvalue weighted by Gasteiger charge is 2.12. The highest BCUT2D eigenvalue weighted by atomic mass is 35.5. The second-order valence-electron chi connectivity index (χ2n) is 3.48. The molecule has 5 heteroatoms. The van der Waals surface area contributed by atoms with Crippen molar-refractivity contribution >= 4 is 28.6 Å². The van der Waals surface area contributed by atoms with Gasteiger partial charge in [-0.25, -0.2) is 4.98 Å². The lowest BCUT2D eigenvalue weighted by molar-refractivity contribution is -0.136. The summed E-state index contributed by atoms with van der Waals surface area (Å²) in [6, 6.07) is 5.39. The predicted molar refractivity (Wildman–Crippen MR) is 61.8 cm³/mol. The van der Waals surface area contributed by atoms with Gasteiger partial charge in [0.15, 0.2) is 0 Å². The fourth-order valence-electron chi connectivity index (χ4n) is 1.78. The summed E-state index contributed by atoms with van der Waals surface area (Å²) in [5.41, 5.74) is 1.66. The summed E-state index contributed by atoms with van der Waals surface area (Å²) in [7, 11) is 0. The number of aryl methyl sites for hydroxylation is 1. The molecule has 0 aliphatic heterocycles. The van der Waals surface area contributed by atoms with Crippen LogP contribution in [0.5, 0.6) is 0 Å². The first-order valence-corrected chi connectivity index (χ1v) is 5.36. The number of fused-ring (bicyclic) bond motifs is 1. The number of carbonyl (C=O) groups is 1. The number of aromatic nitrogens is 2. The van der Waals surface area contributed by atoms with Gasteiger partial charge in [0.05, 0.1) is 11.0 Å². The van der Waals surface area contributed by atoms with Gasteiger partial charge in [-0.2, -0.15) is 0 Å². The summed E-state index contributed by atoms with van der Waals surface area (Å²) in [6.07, 6.45) is -0.0693. The van der Waals surface area contributed by atoms with Gasteiger partial charge in [-0.05, 0) is 25.1 Å². The smallest absolute Gasteiger partial charge is 0.311 e. The van der Waals surface area contributed by atoms with E-state index < -0.39 is 5.97 Å². The first-order chi connectivity index (χ1) is 7.61. The molecule has 0 radical (unpaired) electrons. The SMILES string of the molecule is CCn1c(CC(=O)O)nc2cc(Cl)ccc21. The minimum Gasteiger partial charge on any atom is -0.481 e. The Morgan fingerprint density at radius 1 is 1.56 bits per heavy atom. The Morgan fingerprint density at radius 3 is 2.94 bits per heavy atom. The average Bonchev–Trinajstić information content (AvgIpc) is 2.52. The van der Waals surface area contributed by atoms with Gasteiger partial charge >= 0.3 is 5.97 Å². The van der Waals surface area contributed by atoms with Gasteiger partial charge in [0.25, 0.3) is 0 Å². The monoisotopic (exact) mass is 238 g/mol. The van der Waals surface area contributed by atoms with E-state index in [0.717, 1.165) is 11.0 Å². The molecule has 0 aliphatic carbocycles. The molecule has 84 valence electrons. The topological polar surface area (TPSA) is 55.1 Å². The molecular weight excluding hydrogens is 228 g/mol. The minimum atomic E-state index is -0.879. The van der Waals surface area contributed by atoms with E-state index in [1.54, 1.807) is 12.1 Å². The number of imidazole rings is 1. The molecule has 4 nitrogen and oxygen atoms in total. The van der Waals surface area contributed by atoms with E-state index in [4.69, 9.17) is 16.7 Å². The van der Waals surface area contributed by atoms with Crippen LogP contribution in [-0.4, -0.2) is 20.6 Å². The lowest BCUT2D eigenvalue weighted by atomic mass is 10.3. The Balaban J connectivity index is 2.61. The summed E-state index contributed by atoms with van der Waals surface area (Å²) in [5.74, 6) is -0.316. The number of carboxylic acids is 1. The van der Waals surface area contributed by atoms with E-state index in [9.17, 15) is 4.79 Å². The van der Waals surface area contributed by atoms with Gasteiger partial charge in [-0.1, -0.05) is 11.6 Å². The zero-order valence-electron chi connectivity index (χ0n) is 8.77. The number of benzene rings is 1. The highest BCUT2D eigenvalue weighted by Crippen LogP contribution is 2.20. The van der Waals surface area contributed by atoms with Crippen LogP contribution in [-0.2, 0) is 17.8 Å². The summed E-state index contributed by atoms with van der Waals surface area (Å²) < 4.78 is 1.89. The van der Waals surface area contributed by atoms with E-state index >= 15 is 0 Å². The molecule has 0 bridgehead atoms. The third-order valence-corrected chi connectivity index (χ3v) is 2.65. The predicted octanol–water partition coefficient (Wildman–Crippen LogP) is 2.34. The first kappa shape index (κ1) is 11.0. The third kappa shape index (κ3) is 1.88. The van der Waals surface area contributed by atoms with Crippen LogP contribution >= 0.6 is 11.6 Å². The molecule has 1 N–H and O–H groups in total. The molecule has 2 rings (SSSR count). The van der Waals surface area contributed by atoms with Crippen LogP contribution in [0.2, 0.25) is 5.02 Å². The van der Waals surface area contributed by atoms with Gasteiger partial charge < -0.3 is 9.67 Å². The van der Waals surface area contributed by atoms with Crippen LogP contribution in [0.25, 0.3) is 11.0 Å². The molecular formula is C11H11ClN2O2. The van der Waals surface area contributed by atoms with E-state index in [0.29, 0.717) is 17.4 Å². The number of aliphatic carboxylic acids is 1. The highest BCUT2D eigenvalue weighted by molar-refractivity contribution is 6.31. The van der Waals surface area contributed by atoms with Crippen LogP contribution in [0, 0.1) is 0 Å². The van der Waals surface area contributed by atoms with Crippen LogP contribution < -0.4 is 0 Å². The molecule has 1 aromatic carbocycles. The van der Waals surface area contributed by atoms with E-state index in [1.807, 2.05) is 17.6 Å². The molecule has 0 atom stereocenters. The number of halogens is 1. The van der Waals surface area contributed by atoms with Gasteiger partial charge in [0.1, 0.15) is 12.2 Å². The maximum atomic E-state index is 10.7. The van der Waals surface area contributed by atoms with Crippen LogP contribution in [0.1, 0.15) is 12.7 Å². The van der Waals surface area contributed by atoms with E-state index in [1.165, 1.54) is 0 Å². The van der Waals surface area contributed by atoms with Crippen LogP contribution in [0.3, 0.4) is 0 Å². The van der Waals surface area contributed by atoms with Crippen molar-refractivity contribution in [1.82, 2.24) is 9.55 Å². The van der Waals surface area contributed by atoms with Crippen molar-refractivity contribution in [1.29, 1.82) is 0 Å². The molecule has 2 aromatic rings. The molecule has 0 spiro atoms. The van der Waals surface area contributed by atoms with Crippen LogP contribution in [0.15, 0.2) is 18.2 Å². The first-order valence-electron chi connectivity index (χ1n) is 4.98. The van der Waals surface area contributed by atoms with Gasteiger partial charge in [0.2, 0.25) is 0 Å². The Morgan fingerprint density at radius 2 is 2.31 bits per heavy atom. The zero-order chi connectivity index (χ0) is 11.7. The quantitative estimate of drug-likeness (QED) is 0.893. The molecule has 1 aromatic heterocycles. The van der Waals surface area contributed by atoms with Crippen molar-refractivity contribution < 1.29 is 9.90 Å². The number of nitrogens with zero attached hydrogens (tertiary/aromatic N) is 2. The molecule has 1 heterocycles. The lowest BCUT2D eigenvalue weighted by Gasteiger charge is -2.03. The van der Waals surface area contributed by atoms with Crippen LogP contribution in [0.4, 0.5) is 0 Å². The number of hydrogen-bond donors (Lipinski definition) is 1. The number of hydrogen-bond acceptors (Lipinski definition) is 2. The number of rotatable bonds is 3. The summed E-state index contributed by atoms with van der Waals surface area (Å²) >= 11 is 5.86. The molecule has 0 unspecified atom stereocenters. The molecule has 0 fully saturated rings. The van der Waals surface area contributed by atoms with Crippen molar-refractivity contribution in [3.05, 3.63) is 29.0 Å². The molecule has 16 heavy (non-hydrogen) atoms. The third-order valence-electron chi connectivity index (χ3n) is 2.41. The maximum Gasteiger partial charge on any atom is 0.311 e. The van der Waals surface area contributed by atoms with E-state index in [-0.39, 0.29) is 6.42 Å². The van der Waals surface area contributed by atoms with Crippen molar-refractivity contribution in [3.8, 4) is 0 Å². The van der Waals surface area contributed by atoms with Gasteiger partial charge in [-0.3, -0.25) is 4.79 Å². The van der Waals surface area contributed by atoms with Crippen molar-refractivity contribution in [2.75, 3.05) is 0 Å². The van der Waals surface area contributed by atoms with Crippen molar-refractivity contribution in [2.45, 2.75) is 19.9 Å². The second-order valence-corrected chi connectivity index (χ2v) is 3.91. The second kappa shape index (κ2) is 4.14. The normalized spacial score (nSPS) is 10.9. The minimum absolute atomic E-state index is 0.0693. The Hall–Kier alpha value is -1.55. The zero-order valence-corrected chi connectivity index (χ0v) is 9.53. The maximum absolute atomic E-state index is 10.7. The lowest BCUT2D eigenvalue weighted by Crippen LogP contribution is -2.08. The molecule has 0 amide bonds. The standard InChI is InChI=1S/C11H11ClN2O2/c1-2-14-9-4-3-7(12)5-8(9)13-10(14)6-11(15)16/h3-5H,2,6H2,1H3,(H,15,16). The Kier molecular flexibility index (Phi) is 2.83. The average molecular weight is 239 g/mol. The van der Waals surface area contributed by atoms with Gasteiger partial charge in [-0.15, -0.1) is 0 Å². The Labute approximate surface area is 97.5 Å². The summed E-state index contributed by atoms with van der Waals surface area (Å²) in [4.78, 5) is 15.0. The molecule has 0 aliphatic rings. The van der Waals surface area contributed by atoms with Crippen molar-refractivity contribution in [2.24, 2.45) is 0 Å². The van der Waals surface area contributed by atoms with E-state index in [2.05, 4.69) is 4.98 Å². The molecule has 0 saturated carbocycles.